The highest BCUT2D eigenvalue weighted by Gasteiger charge is 2.25. The Kier molecular flexibility index (Phi) is 4.36. The van der Waals surface area contributed by atoms with Gasteiger partial charge in [0.15, 0.2) is 0 Å². The normalized spacial score (nSPS) is 14.1. The van der Waals surface area contributed by atoms with Crippen LogP contribution in [0, 0.1) is 0 Å². The number of anilines is 1. The lowest BCUT2D eigenvalue weighted by Gasteiger charge is -2.11. The molecule has 1 aromatic rings. The summed E-state index contributed by atoms with van der Waals surface area (Å²) >= 11 is 3.28. The van der Waals surface area contributed by atoms with Crippen molar-refractivity contribution in [3.05, 3.63) is 16.0 Å². The number of nitrogens with one attached hydrogen (secondary N) is 2. The summed E-state index contributed by atoms with van der Waals surface area (Å²) in [7, 11) is 0. The predicted octanol–water partition coefficient (Wildman–Crippen LogP) is 2.17. The number of rotatable bonds is 3. The first-order chi connectivity index (χ1) is 8.99. The molecule has 0 spiro atoms. The van der Waals surface area contributed by atoms with Gasteiger partial charge in [-0.3, -0.25) is 10.1 Å². The highest BCUT2D eigenvalue weighted by Crippen LogP contribution is 2.39. The van der Waals surface area contributed by atoms with Crippen LogP contribution in [0.25, 0.3) is 0 Å². The van der Waals surface area contributed by atoms with E-state index in [0.717, 1.165) is 28.4 Å². The quantitative estimate of drug-likeness (QED) is 0.799. The van der Waals surface area contributed by atoms with Gasteiger partial charge in [-0.1, -0.05) is 0 Å². The van der Waals surface area contributed by atoms with E-state index in [-0.39, 0.29) is 12.1 Å². The van der Waals surface area contributed by atoms with Gasteiger partial charge in [0.25, 0.3) is 5.91 Å². The van der Waals surface area contributed by atoms with Crippen molar-refractivity contribution in [2.75, 3.05) is 11.1 Å². The molecule has 3 amide bonds. The Balaban J connectivity index is 2.27. The standard InChI is InChI=1S/C12H17N3O2S2/c1-6(2)14-12(17)15-11-9(10(13)16)7-3-4-18-5-8(7)19-11/h6H,3-5H2,1-2H3,(H2,13,16)(H2,14,15,17). The van der Waals surface area contributed by atoms with Crippen LogP contribution in [0.3, 0.4) is 0 Å². The Labute approximate surface area is 120 Å². The first-order valence-corrected chi connectivity index (χ1v) is 8.05. The van der Waals surface area contributed by atoms with E-state index in [1.165, 1.54) is 11.3 Å². The predicted molar refractivity (Wildman–Crippen MR) is 80.0 cm³/mol. The van der Waals surface area contributed by atoms with Crippen LogP contribution in [0.15, 0.2) is 0 Å². The Morgan fingerprint density at radius 3 is 2.74 bits per heavy atom. The van der Waals surface area contributed by atoms with Gasteiger partial charge in [0.05, 0.1) is 5.56 Å². The SMILES string of the molecule is CC(C)NC(=O)Nc1sc2c(c1C(N)=O)CCSC2. The second kappa shape index (κ2) is 5.83. The average molecular weight is 299 g/mol. The van der Waals surface area contributed by atoms with Gasteiger partial charge in [0, 0.05) is 16.7 Å². The highest BCUT2D eigenvalue weighted by molar-refractivity contribution is 7.98. The molecule has 0 atom stereocenters. The van der Waals surface area contributed by atoms with Gasteiger partial charge < -0.3 is 11.1 Å². The lowest BCUT2D eigenvalue weighted by Crippen LogP contribution is -2.34. The van der Waals surface area contributed by atoms with Crippen LogP contribution in [-0.2, 0) is 12.2 Å². The number of thiophene rings is 1. The van der Waals surface area contributed by atoms with Gasteiger partial charge in [-0.15, -0.1) is 11.3 Å². The van der Waals surface area contributed by atoms with Crippen molar-refractivity contribution in [1.29, 1.82) is 0 Å². The molecule has 0 saturated heterocycles. The minimum absolute atomic E-state index is 0.0437. The van der Waals surface area contributed by atoms with Gasteiger partial charge >= 0.3 is 6.03 Å². The number of hydrogen-bond acceptors (Lipinski definition) is 4. The van der Waals surface area contributed by atoms with Crippen molar-refractivity contribution >= 4 is 40.0 Å². The topological polar surface area (TPSA) is 84.2 Å². The second-order valence-electron chi connectivity index (χ2n) is 4.63. The Bertz CT molecular complexity index is 511. The van der Waals surface area contributed by atoms with E-state index in [2.05, 4.69) is 10.6 Å². The van der Waals surface area contributed by atoms with Crippen molar-refractivity contribution in [1.82, 2.24) is 5.32 Å². The lowest BCUT2D eigenvalue weighted by molar-refractivity contribution is 0.100. The van der Waals surface area contributed by atoms with E-state index in [1.54, 1.807) is 0 Å². The number of carbonyl (C=O) groups is 2. The van der Waals surface area contributed by atoms with Crippen molar-refractivity contribution in [3.63, 3.8) is 0 Å². The molecule has 4 N–H and O–H groups in total. The summed E-state index contributed by atoms with van der Waals surface area (Å²) in [5, 5.41) is 6.04. The third-order valence-corrected chi connectivity index (χ3v) is 5.03. The number of fused-ring (bicyclic) bond motifs is 1. The zero-order valence-electron chi connectivity index (χ0n) is 10.9. The lowest BCUT2D eigenvalue weighted by atomic mass is 10.1. The second-order valence-corrected chi connectivity index (χ2v) is 6.84. The van der Waals surface area contributed by atoms with Gasteiger partial charge in [-0.25, -0.2) is 4.79 Å². The number of thioether (sulfide) groups is 1. The van der Waals surface area contributed by atoms with Gasteiger partial charge in [0.1, 0.15) is 5.00 Å². The average Bonchev–Trinajstić information content (AvgIpc) is 2.64. The molecule has 0 unspecified atom stereocenters. The number of amides is 3. The summed E-state index contributed by atoms with van der Waals surface area (Å²) in [5.74, 6) is 1.40. The molecule has 1 aliphatic heterocycles. The maximum Gasteiger partial charge on any atom is 0.320 e. The van der Waals surface area contributed by atoms with Crippen LogP contribution in [0.4, 0.5) is 9.80 Å². The zero-order chi connectivity index (χ0) is 14.0. The smallest absolute Gasteiger partial charge is 0.320 e. The van der Waals surface area contributed by atoms with Crippen LogP contribution < -0.4 is 16.4 Å². The summed E-state index contributed by atoms with van der Waals surface area (Å²) in [6, 6.07) is -0.258. The minimum atomic E-state index is -0.468. The number of nitrogens with two attached hydrogens (primary N) is 1. The van der Waals surface area contributed by atoms with Crippen molar-refractivity contribution in [2.45, 2.75) is 32.1 Å². The van der Waals surface area contributed by atoms with E-state index in [1.807, 2.05) is 25.6 Å². The number of urea groups is 1. The highest BCUT2D eigenvalue weighted by atomic mass is 32.2. The van der Waals surface area contributed by atoms with E-state index < -0.39 is 5.91 Å². The van der Waals surface area contributed by atoms with Crippen LogP contribution in [0.2, 0.25) is 0 Å². The molecular weight excluding hydrogens is 282 g/mol. The maximum absolute atomic E-state index is 11.7. The largest absolute Gasteiger partial charge is 0.365 e. The molecule has 0 saturated carbocycles. The van der Waals surface area contributed by atoms with Gasteiger partial charge in [-0.2, -0.15) is 11.8 Å². The molecule has 0 fully saturated rings. The Hall–Kier alpha value is -1.21. The molecule has 1 aliphatic rings. The molecule has 2 heterocycles. The van der Waals surface area contributed by atoms with E-state index >= 15 is 0 Å². The van der Waals surface area contributed by atoms with Crippen molar-refractivity contribution in [2.24, 2.45) is 5.73 Å². The fourth-order valence-corrected chi connectivity index (χ4v) is 4.36. The van der Waals surface area contributed by atoms with Crippen LogP contribution >= 0.6 is 23.1 Å². The number of primary amides is 1. The monoisotopic (exact) mass is 299 g/mol. The molecule has 5 nitrogen and oxygen atoms in total. The molecule has 1 aromatic heterocycles. The maximum atomic E-state index is 11.7. The molecule has 0 aliphatic carbocycles. The van der Waals surface area contributed by atoms with Gasteiger partial charge in [0.2, 0.25) is 0 Å². The summed E-state index contributed by atoms with van der Waals surface area (Å²) < 4.78 is 0. The summed E-state index contributed by atoms with van der Waals surface area (Å²) in [4.78, 5) is 24.5. The molecule has 0 bridgehead atoms. The first kappa shape index (κ1) is 14.2. The molecule has 7 heteroatoms. The van der Waals surface area contributed by atoms with E-state index in [0.29, 0.717) is 10.6 Å². The van der Waals surface area contributed by atoms with Gasteiger partial charge in [-0.05, 0) is 31.6 Å². The van der Waals surface area contributed by atoms with E-state index in [4.69, 9.17) is 5.73 Å². The molecule has 2 rings (SSSR count). The van der Waals surface area contributed by atoms with Crippen LogP contribution in [0.5, 0.6) is 0 Å². The van der Waals surface area contributed by atoms with Crippen LogP contribution in [-0.4, -0.2) is 23.7 Å². The third-order valence-electron chi connectivity index (χ3n) is 2.71. The Morgan fingerprint density at radius 2 is 2.11 bits per heavy atom. The van der Waals surface area contributed by atoms with Crippen LogP contribution in [0.1, 0.15) is 34.6 Å². The number of carbonyl (C=O) groups excluding carboxylic acids is 2. The fourth-order valence-electron chi connectivity index (χ4n) is 1.98. The van der Waals surface area contributed by atoms with Crippen molar-refractivity contribution in [3.8, 4) is 0 Å². The molecule has 0 radical (unpaired) electrons. The molecule has 104 valence electrons. The minimum Gasteiger partial charge on any atom is -0.365 e. The molecular formula is C12H17N3O2S2. The zero-order valence-corrected chi connectivity index (χ0v) is 12.5. The first-order valence-electron chi connectivity index (χ1n) is 6.08. The Morgan fingerprint density at radius 1 is 1.37 bits per heavy atom. The summed E-state index contributed by atoms with van der Waals surface area (Å²) in [5.41, 5.74) is 6.94. The molecule has 19 heavy (non-hydrogen) atoms. The molecule has 0 aromatic carbocycles. The fraction of sp³-hybridized carbons (Fsp3) is 0.500. The summed E-state index contributed by atoms with van der Waals surface area (Å²) in [6.45, 7) is 3.76. The summed E-state index contributed by atoms with van der Waals surface area (Å²) in [6.07, 6.45) is 0.836. The van der Waals surface area contributed by atoms with E-state index in [9.17, 15) is 9.59 Å². The third kappa shape index (κ3) is 3.22. The number of hydrogen-bond donors (Lipinski definition) is 3. The van der Waals surface area contributed by atoms with Crippen molar-refractivity contribution < 1.29 is 9.59 Å².